The molecule has 6 nitrogen and oxygen atoms in total. The third kappa shape index (κ3) is 3.52. The molecular formula is C20H23N3O3S2. The zero-order valence-electron chi connectivity index (χ0n) is 16.0. The van der Waals surface area contributed by atoms with Crippen LogP contribution >= 0.6 is 11.3 Å². The Morgan fingerprint density at radius 3 is 2.57 bits per heavy atom. The predicted molar refractivity (Wildman–Crippen MR) is 113 cm³/mol. The van der Waals surface area contributed by atoms with Crippen molar-refractivity contribution in [1.29, 1.82) is 0 Å². The molecule has 1 fully saturated rings. The highest BCUT2D eigenvalue weighted by atomic mass is 32.2. The smallest absolute Gasteiger partial charge is 0.251 e. The van der Waals surface area contributed by atoms with E-state index < -0.39 is 10.0 Å². The van der Waals surface area contributed by atoms with E-state index in [-0.39, 0.29) is 11.8 Å². The monoisotopic (exact) mass is 417 g/mol. The first-order chi connectivity index (χ1) is 13.4. The number of nitrogens with zero attached hydrogens (tertiary/aromatic N) is 3. The summed E-state index contributed by atoms with van der Waals surface area (Å²) in [5, 5.41) is 2.34. The summed E-state index contributed by atoms with van der Waals surface area (Å²) in [7, 11) is -3.19. The third-order valence-corrected chi connectivity index (χ3v) is 7.80. The number of piperidine rings is 1. The van der Waals surface area contributed by atoms with Gasteiger partial charge in [-0.05, 0) is 31.2 Å². The Bertz CT molecular complexity index is 1220. The van der Waals surface area contributed by atoms with Gasteiger partial charge >= 0.3 is 0 Å². The minimum atomic E-state index is -3.19. The summed E-state index contributed by atoms with van der Waals surface area (Å²) in [4.78, 5) is 18.0. The maximum absolute atomic E-state index is 12.8. The molecule has 4 rings (SSSR count). The number of aryl methyl sites for hydroxylation is 1. The topological polar surface area (TPSA) is 71.7 Å². The lowest BCUT2D eigenvalue weighted by molar-refractivity contribution is -0.122. The summed E-state index contributed by atoms with van der Waals surface area (Å²) in [6, 6.07) is 12.4. The number of benzene rings is 2. The highest BCUT2D eigenvalue weighted by molar-refractivity contribution is 7.88. The van der Waals surface area contributed by atoms with Crippen molar-refractivity contribution < 1.29 is 13.2 Å². The van der Waals surface area contributed by atoms with Crippen LogP contribution < -0.4 is 4.80 Å². The van der Waals surface area contributed by atoms with Gasteiger partial charge in [-0.3, -0.25) is 4.79 Å². The summed E-state index contributed by atoms with van der Waals surface area (Å²) in [6.07, 6.45) is 2.26. The van der Waals surface area contributed by atoms with Crippen molar-refractivity contribution in [2.75, 3.05) is 19.3 Å². The van der Waals surface area contributed by atoms with E-state index in [1.807, 2.05) is 12.1 Å². The minimum absolute atomic E-state index is 0.147. The molecule has 1 aliphatic rings. The van der Waals surface area contributed by atoms with E-state index in [1.165, 1.54) is 21.3 Å². The van der Waals surface area contributed by atoms with Gasteiger partial charge in [0.2, 0.25) is 10.0 Å². The van der Waals surface area contributed by atoms with Crippen LogP contribution in [0.3, 0.4) is 0 Å². The van der Waals surface area contributed by atoms with Gasteiger partial charge in [0.15, 0.2) is 4.80 Å². The molecule has 1 amide bonds. The third-order valence-electron chi connectivity index (χ3n) is 5.37. The van der Waals surface area contributed by atoms with Crippen LogP contribution in [0.25, 0.3) is 21.0 Å². The molecule has 0 aliphatic carbocycles. The van der Waals surface area contributed by atoms with Crippen molar-refractivity contribution in [3.8, 4) is 0 Å². The van der Waals surface area contributed by atoms with Gasteiger partial charge in [0.1, 0.15) is 0 Å². The predicted octanol–water partition coefficient (Wildman–Crippen LogP) is 2.97. The summed E-state index contributed by atoms with van der Waals surface area (Å²) < 4.78 is 28.0. The van der Waals surface area contributed by atoms with Gasteiger partial charge in [-0.2, -0.15) is 4.99 Å². The Labute approximate surface area is 168 Å². The zero-order chi connectivity index (χ0) is 19.9. The fourth-order valence-corrected chi connectivity index (χ4v) is 5.92. The first-order valence-electron chi connectivity index (χ1n) is 9.43. The second kappa shape index (κ2) is 7.42. The Balaban J connectivity index is 1.69. The van der Waals surface area contributed by atoms with Crippen LogP contribution in [0.4, 0.5) is 0 Å². The highest BCUT2D eigenvalue weighted by Gasteiger charge is 2.29. The second-order valence-electron chi connectivity index (χ2n) is 7.15. The molecule has 0 unspecified atom stereocenters. The van der Waals surface area contributed by atoms with Crippen molar-refractivity contribution >= 4 is 48.3 Å². The second-order valence-corrected chi connectivity index (χ2v) is 10.1. The van der Waals surface area contributed by atoms with Gasteiger partial charge < -0.3 is 4.57 Å². The molecule has 1 aromatic heterocycles. The molecule has 148 valence electrons. The summed E-state index contributed by atoms with van der Waals surface area (Å²) in [6.45, 7) is 3.55. The van der Waals surface area contributed by atoms with Gasteiger partial charge in [0, 0.05) is 30.9 Å². The number of carbonyl (C=O) groups excluding carboxylic acids is 1. The van der Waals surface area contributed by atoms with Crippen LogP contribution in [0.5, 0.6) is 0 Å². The quantitative estimate of drug-likeness (QED) is 0.658. The number of thiazole rings is 1. The minimum Gasteiger partial charge on any atom is -0.317 e. The van der Waals surface area contributed by atoms with E-state index in [1.54, 1.807) is 11.3 Å². The van der Waals surface area contributed by atoms with E-state index in [4.69, 9.17) is 0 Å². The molecule has 28 heavy (non-hydrogen) atoms. The SMILES string of the molecule is CCn1c(=NC(=O)C2CCN(S(C)(=O)=O)CC2)sc2c3ccccc3ccc21. The standard InChI is InChI=1S/C20H23N3O3S2/c1-3-23-17-9-8-14-6-4-5-7-16(14)18(17)27-20(23)21-19(24)15-10-12-22(13-11-15)28(2,25)26/h4-9,15H,3,10-13H2,1-2H3. The molecule has 8 heteroatoms. The van der Waals surface area contributed by atoms with Crippen LogP contribution in [-0.2, 0) is 21.4 Å². The number of hydrogen-bond acceptors (Lipinski definition) is 4. The molecule has 0 saturated carbocycles. The molecule has 3 aromatic rings. The number of carbonyl (C=O) groups is 1. The Kier molecular flexibility index (Phi) is 5.11. The number of fused-ring (bicyclic) bond motifs is 3. The maximum atomic E-state index is 12.8. The van der Waals surface area contributed by atoms with Crippen molar-refractivity contribution in [1.82, 2.24) is 8.87 Å². The van der Waals surface area contributed by atoms with Crippen molar-refractivity contribution in [3.63, 3.8) is 0 Å². The maximum Gasteiger partial charge on any atom is 0.251 e. The highest BCUT2D eigenvalue weighted by Crippen LogP contribution is 2.28. The number of hydrogen-bond donors (Lipinski definition) is 0. The summed E-state index contributed by atoms with van der Waals surface area (Å²) in [5.41, 5.74) is 1.09. The number of sulfonamides is 1. The fourth-order valence-electron chi connectivity index (χ4n) is 3.81. The largest absolute Gasteiger partial charge is 0.317 e. The van der Waals surface area contributed by atoms with Crippen molar-refractivity contribution in [3.05, 3.63) is 41.2 Å². The molecule has 2 aromatic carbocycles. The Hall–Kier alpha value is -2.03. The van der Waals surface area contributed by atoms with E-state index in [0.717, 1.165) is 16.8 Å². The van der Waals surface area contributed by atoms with Gasteiger partial charge in [-0.1, -0.05) is 41.7 Å². The van der Waals surface area contributed by atoms with Crippen LogP contribution in [0, 0.1) is 5.92 Å². The van der Waals surface area contributed by atoms with Crippen LogP contribution in [0.2, 0.25) is 0 Å². The van der Waals surface area contributed by atoms with Gasteiger partial charge in [0.05, 0.1) is 16.5 Å². The van der Waals surface area contributed by atoms with Crippen LogP contribution in [0.1, 0.15) is 19.8 Å². The summed E-state index contributed by atoms with van der Waals surface area (Å²) in [5.74, 6) is -0.364. The number of aromatic nitrogens is 1. The lowest BCUT2D eigenvalue weighted by Gasteiger charge is -2.28. The van der Waals surface area contributed by atoms with E-state index in [9.17, 15) is 13.2 Å². The summed E-state index contributed by atoms with van der Waals surface area (Å²) >= 11 is 1.54. The molecule has 0 spiro atoms. The average molecular weight is 418 g/mol. The molecular weight excluding hydrogens is 394 g/mol. The van der Waals surface area contributed by atoms with Gasteiger partial charge in [0.25, 0.3) is 5.91 Å². The average Bonchev–Trinajstić information content (AvgIpc) is 3.04. The first kappa shape index (κ1) is 19.3. The molecule has 1 aliphatic heterocycles. The fraction of sp³-hybridized carbons (Fsp3) is 0.400. The van der Waals surface area contributed by atoms with E-state index in [0.29, 0.717) is 30.7 Å². The Morgan fingerprint density at radius 2 is 1.89 bits per heavy atom. The number of amides is 1. The molecule has 0 radical (unpaired) electrons. The zero-order valence-corrected chi connectivity index (χ0v) is 17.6. The lowest BCUT2D eigenvalue weighted by atomic mass is 9.98. The Morgan fingerprint density at radius 1 is 1.18 bits per heavy atom. The molecule has 2 heterocycles. The molecule has 0 atom stereocenters. The van der Waals surface area contributed by atoms with E-state index in [2.05, 4.69) is 40.7 Å². The molecule has 0 bridgehead atoms. The first-order valence-corrected chi connectivity index (χ1v) is 12.1. The van der Waals surface area contributed by atoms with Crippen molar-refractivity contribution in [2.45, 2.75) is 26.3 Å². The normalized spacial score (nSPS) is 17.6. The number of rotatable bonds is 3. The molecule has 0 N–H and O–H groups in total. The van der Waals surface area contributed by atoms with Crippen LogP contribution in [0.15, 0.2) is 41.4 Å². The van der Waals surface area contributed by atoms with Gasteiger partial charge in [-0.15, -0.1) is 0 Å². The van der Waals surface area contributed by atoms with E-state index >= 15 is 0 Å². The van der Waals surface area contributed by atoms with Crippen LogP contribution in [-0.4, -0.2) is 42.5 Å². The lowest BCUT2D eigenvalue weighted by Crippen LogP contribution is -2.39. The van der Waals surface area contributed by atoms with Gasteiger partial charge in [-0.25, -0.2) is 12.7 Å². The van der Waals surface area contributed by atoms with Crippen molar-refractivity contribution in [2.24, 2.45) is 10.9 Å². The molecule has 1 saturated heterocycles.